The Labute approximate surface area is 109 Å². The van der Waals surface area contributed by atoms with Gasteiger partial charge in [0.15, 0.2) is 0 Å². The molecule has 0 atom stereocenters. The number of thiophene rings is 1. The number of hydrogen-bond acceptors (Lipinski definition) is 5. The average Bonchev–Trinajstić information content (AvgIpc) is 2.77. The molecular formula is C12H15N3S2. The summed E-state index contributed by atoms with van der Waals surface area (Å²) >= 11 is 3.65. The predicted molar refractivity (Wildman–Crippen MR) is 76.0 cm³/mol. The second kappa shape index (κ2) is 4.46. The van der Waals surface area contributed by atoms with Crippen molar-refractivity contribution >= 4 is 39.1 Å². The summed E-state index contributed by atoms with van der Waals surface area (Å²) in [4.78, 5) is 9.68. The van der Waals surface area contributed by atoms with E-state index in [0.717, 1.165) is 22.6 Å². The van der Waals surface area contributed by atoms with Gasteiger partial charge < -0.3 is 5.32 Å². The van der Waals surface area contributed by atoms with Crippen LogP contribution in [0.4, 0.5) is 5.82 Å². The molecule has 90 valence electrons. The quantitative estimate of drug-likeness (QED) is 0.919. The monoisotopic (exact) mass is 265 g/mol. The third kappa shape index (κ3) is 2.02. The van der Waals surface area contributed by atoms with Crippen LogP contribution in [0.25, 0.3) is 10.2 Å². The summed E-state index contributed by atoms with van der Waals surface area (Å²) in [7, 11) is 0. The summed E-state index contributed by atoms with van der Waals surface area (Å²) in [5.41, 5.74) is 0. The third-order valence-electron chi connectivity index (χ3n) is 3.54. The molecule has 3 rings (SSSR count). The van der Waals surface area contributed by atoms with Gasteiger partial charge in [-0.25, -0.2) is 9.97 Å². The Morgan fingerprint density at radius 2 is 2.35 bits per heavy atom. The van der Waals surface area contributed by atoms with Crippen LogP contribution < -0.4 is 5.32 Å². The van der Waals surface area contributed by atoms with Crippen LogP contribution in [0.5, 0.6) is 0 Å². The molecule has 1 saturated carbocycles. The SMILES string of the molecule is CSC1(CNc2ncnc3sccc23)CCC1. The third-order valence-corrected chi connectivity index (χ3v) is 5.78. The van der Waals surface area contributed by atoms with Gasteiger partial charge in [0.1, 0.15) is 17.0 Å². The molecule has 0 bridgehead atoms. The highest BCUT2D eigenvalue weighted by atomic mass is 32.2. The van der Waals surface area contributed by atoms with E-state index in [1.165, 1.54) is 19.3 Å². The maximum absolute atomic E-state index is 4.35. The molecule has 2 aromatic rings. The molecule has 3 nitrogen and oxygen atoms in total. The first-order valence-electron chi connectivity index (χ1n) is 5.80. The van der Waals surface area contributed by atoms with Gasteiger partial charge >= 0.3 is 0 Å². The number of thioether (sulfide) groups is 1. The number of fused-ring (bicyclic) bond motifs is 1. The minimum atomic E-state index is 0.438. The Balaban J connectivity index is 1.78. The number of nitrogens with one attached hydrogen (secondary N) is 1. The van der Waals surface area contributed by atoms with Gasteiger partial charge in [0, 0.05) is 11.3 Å². The van der Waals surface area contributed by atoms with Crippen molar-refractivity contribution in [2.75, 3.05) is 18.1 Å². The molecule has 0 radical (unpaired) electrons. The van der Waals surface area contributed by atoms with Crippen molar-refractivity contribution in [3.05, 3.63) is 17.8 Å². The fourth-order valence-corrected chi connectivity index (χ4v) is 3.85. The van der Waals surface area contributed by atoms with E-state index < -0.39 is 0 Å². The largest absolute Gasteiger partial charge is 0.368 e. The van der Waals surface area contributed by atoms with Crippen molar-refractivity contribution in [3.63, 3.8) is 0 Å². The molecule has 0 aliphatic heterocycles. The van der Waals surface area contributed by atoms with Gasteiger partial charge in [-0.3, -0.25) is 0 Å². The first-order chi connectivity index (χ1) is 8.33. The van der Waals surface area contributed by atoms with E-state index in [-0.39, 0.29) is 0 Å². The highest BCUT2D eigenvalue weighted by Gasteiger charge is 2.35. The van der Waals surface area contributed by atoms with Gasteiger partial charge in [-0.2, -0.15) is 11.8 Å². The van der Waals surface area contributed by atoms with Crippen LogP contribution >= 0.6 is 23.1 Å². The van der Waals surface area contributed by atoms with Crippen molar-refractivity contribution in [2.45, 2.75) is 24.0 Å². The molecule has 1 aliphatic carbocycles. The lowest BCUT2D eigenvalue weighted by Gasteiger charge is -2.40. The molecule has 17 heavy (non-hydrogen) atoms. The van der Waals surface area contributed by atoms with Gasteiger partial charge in [-0.1, -0.05) is 6.42 Å². The molecular weight excluding hydrogens is 250 g/mol. The van der Waals surface area contributed by atoms with Crippen molar-refractivity contribution < 1.29 is 0 Å². The summed E-state index contributed by atoms with van der Waals surface area (Å²) in [6, 6.07) is 2.09. The lowest BCUT2D eigenvalue weighted by Crippen LogP contribution is -2.40. The van der Waals surface area contributed by atoms with Crippen LogP contribution in [0.15, 0.2) is 17.8 Å². The summed E-state index contributed by atoms with van der Waals surface area (Å²) in [6.45, 7) is 1.01. The van der Waals surface area contributed by atoms with E-state index >= 15 is 0 Å². The molecule has 5 heteroatoms. The molecule has 2 heterocycles. The Hall–Kier alpha value is -0.810. The fourth-order valence-electron chi connectivity index (χ4n) is 2.20. The highest BCUT2D eigenvalue weighted by Crippen LogP contribution is 2.42. The summed E-state index contributed by atoms with van der Waals surface area (Å²) in [6.07, 6.45) is 7.85. The van der Waals surface area contributed by atoms with Crippen molar-refractivity contribution in [3.8, 4) is 0 Å². The van der Waals surface area contributed by atoms with Crippen LogP contribution in [0.1, 0.15) is 19.3 Å². The van der Waals surface area contributed by atoms with Gasteiger partial charge in [-0.05, 0) is 30.5 Å². The van der Waals surface area contributed by atoms with E-state index in [9.17, 15) is 0 Å². The lowest BCUT2D eigenvalue weighted by atomic mass is 9.84. The first kappa shape index (κ1) is 11.3. The minimum absolute atomic E-state index is 0.438. The van der Waals surface area contributed by atoms with Gasteiger partial charge in [0.05, 0.1) is 5.39 Å². The summed E-state index contributed by atoms with van der Waals surface area (Å²) < 4.78 is 0.438. The van der Waals surface area contributed by atoms with Crippen molar-refractivity contribution in [2.24, 2.45) is 0 Å². The molecule has 0 saturated heterocycles. The second-order valence-electron chi connectivity index (χ2n) is 4.46. The summed E-state index contributed by atoms with van der Waals surface area (Å²) in [5, 5.41) is 6.72. The zero-order chi connectivity index (χ0) is 11.7. The number of rotatable bonds is 4. The fraction of sp³-hybridized carbons (Fsp3) is 0.500. The van der Waals surface area contributed by atoms with E-state index in [4.69, 9.17) is 0 Å². The van der Waals surface area contributed by atoms with Crippen LogP contribution in [-0.4, -0.2) is 27.5 Å². The molecule has 0 unspecified atom stereocenters. The maximum Gasteiger partial charge on any atom is 0.138 e. The lowest BCUT2D eigenvalue weighted by molar-refractivity contribution is 0.379. The van der Waals surface area contributed by atoms with Gasteiger partial charge in [0.2, 0.25) is 0 Å². The topological polar surface area (TPSA) is 37.8 Å². The molecule has 0 amide bonds. The minimum Gasteiger partial charge on any atom is -0.368 e. The van der Waals surface area contributed by atoms with Crippen molar-refractivity contribution in [1.82, 2.24) is 9.97 Å². The van der Waals surface area contributed by atoms with E-state index in [1.54, 1.807) is 17.7 Å². The molecule has 0 spiro atoms. The Morgan fingerprint density at radius 3 is 3.06 bits per heavy atom. The Morgan fingerprint density at radius 1 is 1.47 bits per heavy atom. The van der Waals surface area contributed by atoms with E-state index in [1.807, 2.05) is 11.8 Å². The average molecular weight is 265 g/mol. The highest BCUT2D eigenvalue weighted by molar-refractivity contribution is 8.00. The Bertz CT molecular complexity index is 514. The smallest absolute Gasteiger partial charge is 0.138 e. The first-order valence-corrected chi connectivity index (χ1v) is 7.91. The molecule has 0 aromatic carbocycles. The standard InChI is InChI=1S/C12H15N3S2/c1-16-12(4-2-5-12)7-13-10-9-3-6-17-11(9)15-8-14-10/h3,6,8H,2,4-5,7H2,1H3,(H,13,14,15). The van der Waals surface area contributed by atoms with Crippen LogP contribution in [0, 0.1) is 0 Å². The number of aromatic nitrogens is 2. The number of hydrogen-bond donors (Lipinski definition) is 1. The maximum atomic E-state index is 4.35. The zero-order valence-electron chi connectivity index (χ0n) is 9.77. The predicted octanol–water partition coefficient (Wildman–Crippen LogP) is 3.39. The van der Waals surface area contributed by atoms with Crippen LogP contribution in [0.2, 0.25) is 0 Å². The molecule has 2 aromatic heterocycles. The molecule has 1 aliphatic rings. The second-order valence-corrected chi connectivity index (χ2v) is 6.62. The van der Waals surface area contributed by atoms with E-state index in [0.29, 0.717) is 4.75 Å². The van der Waals surface area contributed by atoms with Gasteiger partial charge in [-0.15, -0.1) is 11.3 Å². The molecule has 1 N–H and O–H groups in total. The van der Waals surface area contributed by atoms with E-state index in [2.05, 4.69) is 33.0 Å². The normalized spacial score (nSPS) is 17.9. The molecule has 1 fully saturated rings. The number of anilines is 1. The van der Waals surface area contributed by atoms with Crippen LogP contribution in [-0.2, 0) is 0 Å². The number of nitrogens with zero attached hydrogens (tertiary/aromatic N) is 2. The van der Waals surface area contributed by atoms with Gasteiger partial charge in [0.25, 0.3) is 0 Å². The van der Waals surface area contributed by atoms with Crippen molar-refractivity contribution in [1.29, 1.82) is 0 Å². The Kier molecular flexibility index (Phi) is 2.96. The summed E-state index contributed by atoms with van der Waals surface area (Å²) in [5.74, 6) is 0.983. The van der Waals surface area contributed by atoms with Crippen LogP contribution in [0.3, 0.4) is 0 Å². The zero-order valence-corrected chi connectivity index (χ0v) is 11.4.